The van der Waals surface area contributed by atoms with Crippen molar-refractivity contribution in [3.8, 4) is 0 Å². The molecule has 2 heterocycles. The number of thiazole rings is 1. The van der Waals surface area contributed by atoms with Crippen LogP contribution < -0.4 is 4.90 Å². The molecule has 7 nitrogen and oxygen atoms in total. The summed E-state index contributed by atoms with van der Waals surface area (Å²) in [5.41, 5.74) is 0.730. The number of hydrogen-bond acceptors (Lipinski definition) is 7. The van der Waals surface area contributed by atoms with E-state index in [9.17, 15) is 13.2 Å². The van der Waals surface area contributed by atoms with Crippen molar-refractivity contribution in [2.75, 3.05) is 50.5 Å². The third-order valence-electron chi connectivity index (χ3n) is 5.72. The highest BCUT2D eigenvalue weighted by atomic mass is 35.5. The monoisotopic (exact) mass is 473 g/mol. The van der Waals surface area contributed by atoms with Crippen molar-refractivity contribution in [1.82, 2.24) is 9.88 Å². The molecule has 0 bridgehead atoms. The Labute approximate surface area is 187 Å². The summed E-state index contributed by atoms with van der Waals surface area (Å²) in [6, 6.07) is 4.97. The zero-order valence-electron chi connectivity index (χ0n) is 17.1. The Morgan fingerprint density at radius 2 is 1.97 bits per heavy atom. The molecule has 1 aromatic carbocycles. The number of halogens is 1. The molecule has 1 aliphatic carbocycles. The highest BCUT2D eigenvalue weighted by Crippen LogP contribution is 2.34. The van der Waals surface area contributed by atoms with Gasteiger partial charge in [0.1, 0.15) is 0 Å². The first-order valence-corrected chi connectivity index (χ1v) is 12.8. The average molecular weight is 474 g/mol. The Hall–Kier alpha value is -1.26. The topological polar surface area (TPSA) is 79.8 Å². The van der Waals surface area contributed by atoms with E-state index in [1.807, 2.05) is 4.90 Å². The van der Waals surface area contributed by atoms with Crippen molar-refractivity contribution in [3.63, 3.8) is 0 Å². The molecule has 2 aromatic rings. The molecule has 2 aliphatic rings. The van der Waals surface area contributed by atoms with Gasteiger partial charge in [-0.3, -0.25) is 14.6 Å². The molecule has 1 amide bonds. The number of ether oxygens (including phenoxy) is 1. The molecule has 0 unspecified atom stereocenters. The quantitative estimate of drug-likeness (QED) is 0.641. The van der Waals surface area contributed by atoms with Gasteiger partial charge in [0.05, 0.1) is 28.3 Å². The number of morpholine rings is 1. The molecular formula is C20H28ClN3O4S2. The largest absolute Gasteiger partial charge is 0.379 e. The number of rotatable bonds is 6. The summed E-state index contributed by atoms with van der Waals surface area (Å²) in [5, 5.41) is 0.663. The fraction of sp³-hybridized carbons (Fsp3) is 0.600. The van der Waals surface area contributed by atoms with E-state index in [0.717, 1.165) is 68.7 Å². The lowest BCUT2D eigenvalue weighted by molar-refractivity contribution is -0.122. The van der Waals surface area contributed by atoms with Crippen LogP contribution in [0.3, 0.4) is 0 Å². The van der Waals surface area contributed by atoms with E-state index in [-0.39, 0.29) is 29.1 Å². The summed E-state index contributed by atoms with van der Waals surface area (Å²) in [7, 11) is -3.28. The number of sulfone groups is 1. The third-order valence-corrected chi connectivity index (χ3v) is 7.87. The minimum atomic E-state index is -3.28. The Balaban J connectivity index is 0.00000256. The first kappa shape index (κ1) is 23.4. The van der Waals surface area contributed by atoms with Gasteiger partial charge in [-0.05, 0) is 31.0 Å². The van der Waals surface area contributed by atoms with Crippen LogP contribution in [0, 0.1) is 5.92 Å². The molecule has 1 aliphatic heterocycles. The Morgan fingerprint density at radius 3 is 2.63 bits per heavy atom. The molecule has 4 rings (SSSR count). The minimum absolute atomic E-state index is 0. The number of nitrogens with zero attached hydrogens (tertiary/aromatic N) is 3. The SMILES string of the molecule is CS(=O)(=O)c1ccc2nc(N(CCN3CCOCC3)C(=O)C3CCCC3)sc2c1.Cl. The lowest BCUT2D eigenvalue weighted by Crippen LogP contribution is -2.44. The van der Waals surface area contributed by atoms with Crippen molar-refractivity contribution in [2.45, 2.75) is 30.6 Å². The average Bonchev–Trinajstić information content (AvgIpc) is 3.37. The zero-order chi connectivity index (χ0) is 20.4. The van der Waals surface area contributed by atoms with Gasteiger partial charge >= 0.3 is 0 Å². The summed E-state index contributed by atoms with van der Waals surface area (Å²) in [4.78, 5) is 22.4. The molecule has 2 fully saturated rings. The molecule has 1 saturated heterocycles. The summed E-state index contributed by atoms with van der Waals surface area (Å²) >= 11 is 1.40. The van der Waals surface area contributed by atoms with Crippen LogP contribution in [0.1, 0.15) is 25.7 Å². The Bertz CT molecular complexity index is 983. The van der Waals surface area contributed by atoms with Crippen molar-refractivity contribution >= 4 is 54.8 Å². The van der Waals surface area contributed by atoms with Gasteiger partial charge in [0.25, 0.3) is 0 Å². The maximum atomic E-state index is 13.3. The van der Waals surface area contributed by atoms with Gasteiger partial charge in [0.15, 0.2) is 15.0 Å². The minimum Gasteiger partial charge on any atom is -0.379 e. The summed E-state index contributed by atoms with van der Waals surface area (Å²) in [6.45, 7) is 4.59. The van der Waals surface area contributed by atoms with Gasteiger partial charge in [0, 0.05) is 38.4 Å². The fourth-order valence-electron chi connectivity index (χ4n) is 4.00. The van der Waals surface area contributed by atoms with E-state index >= 15 is 0 Å². The molecule has 0 atom stereocenters. The molecule has 0 N–H and O–H groups in total. The highest BCUT2D eigenvalue weighted by molar-refractivity contribution is 7.90. The zero-order valence-corrected chi connectivity index (χ0v) is 19.5. The number of carbonyl (C=O) groups excluding carboxylic acids is 1. The smallest absolute Gasteiger partial charge is 0.231 e. The number of amides is 1. The van der Waals surface area contributed by atoms with Gasteiger partial charge in [-0.25, -0.2) is 13.4 Å². The predicted molar refractivity (Wildman–Crippen MR) is 122 cm³/mol. The number of anilines is 1. The number of hydrogen-bond donors (Lipinski definition) is 0. The van der Waals surface area contributed by atoms with Crippen LogP contribution in [0.25, 0.3) is 10.2 Å². The second-order valence-electron chi connectivity index (χ2n) is 7.82. The van der Waals surface area contributed by atoms with Crippen LogP contribution in [-0.2, 0) is 19.4 Å². The summed E-state index contributed by atoms with van der Waals surface area (Å²) in [6.07, 6.45) is 5.29. The number of fused-ring (bicyclic) bond motifs is 1. The summed E-state index contributed by atoms with van der Waals surface area (Å²) < 4.78 is 30.0. The van der Waals surface area contributed by atoms with E-state index < -0.39 is 9.84 Å². The van der Waals surface area contributed by atoms with Crippen molar-refractivity contribution in [3.05, 3.63) is 18.2 Å². The lowest BCUT2D eigenvalue weighted by atomic mass is 10.1. The van der Waals surface area contributed by atoms with Gasteiger partial charge in [-0.2, -0.15) is 0 Å². The van der Waals surface area contributed by atoms with Crippen LogP contribution >= 0.6 is 23.7 Å². The van der Waals surface area contributed by atoms with Gasteiger partial charge in [-0.1, -0.05) is 24.2 Å². The van der Waals surface area contributed by atoms with E-state index in [0.29, 0.717) is 11.7 Å². The number of aromatic nitrogens is 1. The molecule has 1 saturated carbocycles. The molecular weight excluding hydrogens is 446 g/mol. The van der Waals surface area contributed by atoms with Crippen LogP contribution in [0.15, 0.2) is 23.1 Å². The van der Waals surface area contributed by atoms with E-state index in [2.05, 4.69) is 9.88 Å². The van der Waals surface area contributed by atoms with Crippen molar-refractivity contribution < 1.29 is 17.9 Å². The molecule has 0 radical (unpaired) electrons. The molecule has 0 spiro atoms. The van der Waals surface area contributed by atoms with Crippen LogP contribution in [-0.4, -0.2) is 69.9 Å². The Morgan fingerprint density at radius 1 is 1.27 bits per heavy atom. The van der Waals surface area contributed by atoms with Gasteiger partial charge < -0.3 is 4.74 Å². The van der Waals surface area contributed by atoms with Crippen LogP contribution in [0.5, 0.6) is 0 Å². The van der Waals surface area contributed by atoms with E-state index in [1.54, 1.807) is 18.2 Å². The first-order chi connectivity index (χ1) is 13.9. The van der Waals surface area contributed by atoms with Gasteiger partial charge in [0.2, 0.25) is 5.91 Å². The standard InChI is InChI=1S/C20H27N3O4S2.ClH/c1-29(25,26)16-6-7-17-18(14-16)28-20(21-17)23(19(24)15-4-2-3-5-15)9-8-22-10-12-27-13-11-22;/h6-7,14-15H,2-5,8-13H2,1H3;1H. The Kier molecular flexibility index (Phi) is 7.73. The fourth-order valence-corrected chi connectivity index (χ4v) is 5.76. The number of benzene rings is 1. The van der Waals surface area contributed by atoms with Crippen molar-refractivity contribution in [2.24, 2.45) is 5.92 Å². The maximum Gasteiger partial charge on any atom is 0.231 e. The normalized spacial score (nSPS) is 18.4. The van der Waals surface area contributed by atoms with Crippen LogP contribution in [0.4, 0.5) is 5.13 Å². The first-order valence-electron chi connectivity index (χ1n) is 10.1. The van der Waals surface area contributed by atoms with E-state index in [4.69, 9.17) is 4.74 Å². The highest BCUT2D eigenvalue weighted by Gasteiger charge is 2.30. The van der Waals surface area contributed by atoms with Crippen LogP contribution in [0.2, 0.25) is 0 Å². The molecule has 30 heavy (non-hydrogen) atoms. The molecule has 10 heteroatoms. The second-order valence-corrected chi connectivity index (χ2v) is 10.8. The maximum absolute atomic E-state index is 13.3. The molecule has 166 valence electrons. The number of carbonyl (C=O) groups is 1. The third kappa shape index (κ3) is 5.31. The summed E-state index contributed by atoms with van der Waals surface area (Å²) in [5.74, 6) is 0.219. The predicted octanol–water partition coefficient (Wildman–Crippen LogP) is 2.98. The lowest BCUT2D eigenvalue weighted by Gasteiger charge is -2.30. The molecule has 1 aromatic heterocycles. The van der Waals surface area contributed by atoms with Crippen molar-refractivity contribution in [1.29, 1.82) is 0 Å². The second kappa shape index (κ2) is 9.91. The van der Waals surface area contributed by atoms with Gasteiger partial charge in [-0.15, -0.1) is 12.4 Å². The van der Waals surface area contributed by atoms with E-state index in [1.165, 1.54) is 17.6 Å².